The van der Waals surface area contributed by atoms with E-state index < -0.39 is 0 Å². The molecule has 0 radical (unpaired) electrons. The molecule has 0 bridgehead atoms. The quantitative estimate of drug-likeness (QED) is 0.650. The van der Waals surface area contributed by atoms with Gasteiger partial charge in [-0.05, 0) is 38.0 Å². The molecule has 0 saturated carbocycles. The van der Waals surface area contributed by atoms with Gasteiger partial charge in [0.2, 0.25) is 0 Å². The van der Waals surface area contributed by atoms with Gasteiger partial charge in [-0.15, -0.1) is 0 Å². The minimum absolute atomic E-state index is 0.938. The van der Waals surface area contributed by atoms with E-state index in [0.29, 0.717) is 0 Å². The first-order valence-corrected chi connectivity index (χ1v) is 4.65. The summed E-state index contributed by atoms with van der Waals surface area (Å²) in [4.78, 5) is 0. The van der Waals surface area contributed by atoms with Crippen LogP contribution in [0.4, 0.5) is 0 Å². The topological polar surface area (TPSA) is 17.8 Å². The van der Waals surface area contributed by atoms with Gasteiger partial charge in [0.25, 0.3) is 0 Å². The van der Waals surface area contributed by atoms with Crippen LogP contribution in [0, 0.1) is 13.8 Å². The predicted molar refractivity (Wildman–Crippen MR) is 54.9 cm³/mol. The molecule has 68 valence electrons. The molecule has 0 amide bonds. The van der Waals surface area contributed by atoms with Gasteiger partial charge in [0.05, 0.1) is 5.52 Å². The van der Waals surface area contributed by atoms with E-state index in [2.05, 4.69) is 44.2 Å². The van der Waals surface area contributed by atoms with Crippen LogP contribution in [0.25, 0.3) is 10.9 Å². The second kappa shape index (κ2) is 2.87. The molecule has 1 aromatic carbocycles. The lowest BCUT2D eigenvalue weighted by molar-refractivity contribution is 0.668. The third-order valence-electron chi connectivity index (χ3n) is 2.60. The fourth-order valence-corrected chi connectivity index (χ4v) is 1.55. The van der Waals surface area contributed by atoms with E-state index in [4.69, 9.17) is 0 Å². The van der Waals surface area contributed by atoms with Gasteiger partial charge in [-0.1, -0.05) is 6.07 Å². The predicted octanol–water partition coefficient (Wildman–Crippen LogP) is 2.67. The second-order valence-corrected chi connectivity index (χ2v) is 3.43. The molecule has 0 aliphatic rings. The highest BCUT2D eigenvalue weighted by Crippen LogP contribution is 2.19. The molecule has 1 heterocycles. The molecule has 2 aromatic rings. The van der Waals surface area contributed by atoms with E-state index in [1.165, 1.54) is 16.5 Å². The fraction of sp³-hybridized carbons (Fsp3) is 0.364. The number of nitrogens with zero attached hydrogens (tertiary/aromatic N) is 2. The summed E-state index contributed by atoms with van der Waals surface area (Å²) in [7, 11) is 0. The van der Waals surface area contributed by atoms with Crippen molar-refractivity contribution in [2.45, 2.75) is 27.3 Å². The number of hydrogen-bond donors (Lipinski definition) is 0. The van der Waals surface area contributed by atoms with E-state index in [-0.39, 0.29) is 0 Å². The first kappa shape index (κ1) is 8.30. The number of rotatable bonds is 1. The monoisotopic (exact) mass is 174 g/mol. The number of aryl methyl sites for hydroxylation is 3. The molecule has 0 spiro atoms. The van der Waals surface area contributed by atoms with Crippen LogP contribution in [0.2, 0.25) is 0 Å². The van der Waals surface area contributed by atoms with Crippen LogP contribution in [0.1, 0.15) is 18.1 Å². The maximum Gasteiger partial charge on any atom is 0.0926 e. The smallest absolute Gasteiger partial charge is 0.0926 e. The van der Waals surface area contributed by atoms with Crippen molar-refractivity contribution in [3.8, 4) is 0 Å². The van der Waals surface area contributed by atoms with Crippen molar-refractivity contribution >= 4 is 10.9 Å². The van der Waals surface area contributed by atoms with Crippen LogP contribution >= 0.6 is 0 Å². The summed E-state index contributed by atoms with van der Waals surface area (Å²) < 4.78 is 1.98. The summed E-state index contributed by atoms with van der Waals surface area (Å²) >= 11 is 0. The van der Waals surface area contributed by atoms with Gasteiger partial charge < -0.3 is 0 Å². The highest BCUT2D eigenvalue weighted by molar-refractivity contribution is 5.82. The standard InChI is InChI=1S/C11H14N2/c1-4-13-7-10-9(3)8(2)5-6-11(10)12-13/h5-7H,4H2,1-3H3. The van der Waals surface area contributed by atoms with Crippen LogP contribution in [-0.2, 0) is 6.54 Å². The minimum atomic E-state index is 0.938. The van der Waals surface area contributed by atoms with Crippen molar-refractivity contribution in [3.05, 3.63) is 29.5 Å². The van der Waals surface area contributed by atoms with Crippen LogP contribution in [0.15, 0.2) is 18.3 Å². The van der Waals surface area contributed by atoms with Crippen LogP contribution < -0.4 is 0 Å². The molecular formula is C11H14N2. The van der Waals surface area contributed by atoms with Crippen molar-refractivity contribution < 1.29 is 0 Å². The lowest BCUT2D eigenvalue weighted by Gasteiger charge is -1.98. The second-order valence-electron chi connectivity index (χ2n) is 3.43. The fourth-order valence-electron chi connectivity index (χ4n) is 1.55. The summed E-state index contributed by atoms with van der Waals surface area (Å²) in [6.07, 6.45) is 2.12. The van der Waals surface area contributed by atoms with Crippen molar-refractivity contribution in [3.63, 3.8) is 0 Å². The molecule has 0 fully saturated rings. The Balaban J connectivity index is 2.76. The summed E-state index contributed by atoms with van der Waals surface area (Å²) in [6.45, 7) is 7.33. The molecule has 13 heavy (non-hydrogen) atoms. The molecular weight excluding hydrogens is 160 g/mol. The molecule has 2 nitrogen and oxygen atoms in total. The zero-order valence-corrected chi connectivity index (χ0v) is 8.33. The minimum Gasteiger partial charge on any atom is -0.272 e. The van der Waals surface area contributed by atoms with E-state index in [0.717, 1.165) is 12.1 Å². The zero-order valence-electron chi connectivity index (χ0n) is 8.33. The maximum atomic E-state index is 4.45. The summed E-state index contributed by atoms with van der Waals surface area (Å²) in [6, 6.07) is 4.22. The Morgan fingerprint density at radius 2 is 2.08 bits per heavy atom. The Bertz CT molecular complexity index is 441. The Labute approximate surface area is 78.2 Å². The van der Waals surface area contributed by atoms with Gasteiger partial charge in [0, 0.05) is 18.1 Å². The third kappa shape index (κ3) is 1.22. The lowest BCUT2D eigenvalue weighted by atomic mass is 10.1. The SMILES string of the molecule is CCn1cc2c(C)c(C)ccc2n1. The molecule has 0 aliphatic heterocycles. The average Bonchev–Trinajstić information content (AvgIpc) is 2.55. The van der Waals surface area contributed by atoms with E-state index in [1.807, 2.05) is 4.68 Å². The number of fused-ring (bicyclic) bond motifs is 1. The van der Waals surface area contributed by atoms with Gasteiger partial charge in [-0.2, -0.15) is 5.10 Å². The average molecular weight is 174 g/mol. The summed E-state index contributed by atoms with van der Waals surface area (Å²) in [5.74, 6) is 0. The zero-order chi connectivity index (χ0) is 9.42. The maximum absolute atomic E-state index is 4.45. The van der Waals surface area contributed by atoms with Crippen molar-refractivity contribution in [2.75, 3.05) is 0 Å². The number of hydrogen-bond acceptors (Lipinski definition) is 1. The first-order valence-electron chi connectivity index (χ1n) is 4.65. The van der Waals surface area contributed by atoms with Crippen molar-refractivity contribution in [1.82, 2.24) is 9.78 Å². The van der Waals surface area contributed by atoms with Gasteiger partial charge >= 0.3 is 0 Å². The highest BCUT2D eigenvalue weighted by Gasteiger charge is 2.03. The normalized spacial score (nSPS) is 11.0. The molecule has 0 aliphatic carbocycles. The van der Waals surface area contributed by atoms with Gasteiger partial charge in [-0.25, -0.2) is 0 Å². The lowest BCUT2D eigenvalue weighted by Crippen LogP contribution is -1.92. The molecule has 0 saturated heterocycles. The molecule has 1 aromatic heterocycles. The highest BCUT2D eigenvalue weighted by atomic mass is 15.3. The van der Waals surface area contributed by atoms with Crippen LogP contribution in [0.5, 0.6) is 0 Å². The largest absolute Gasteiger partial charge is 0.272 e. The Morgan fingerprint density at radius 1 is 1.31 bits per heavy atom. The van der Waals surface area contributed by atoms with Crippen molar-refractivity contribution in [2.24, 2.45) is 0 Å². The summed E-state index contributed by atoms with van der Waals surface area (Å²) in [5, 5.41) is 5.73. The van der Waals surface area contributed by atoms with E-state index >= 15 is 0 Å². The van der Waals surface area contributed by atoms with Crippen molar-refractivity contribution in [1.29, 1.82) is 0 Å². The molecule has 0 atom stereocenters. The molecule has 0 unspecified atom stereocenters. The van der Waals surface area contributed by atoms with Crippen LogP contribution in [-0.4, -0.2) is 9.78 Å². The van der Waals surface area contributed by atoms with E-state index in [9.17, 15) is 0 Å². The van der Waals surface area contributed by atoms with Crippen LogP contribution in [0.3, 0.4) is 0 Å². The Kier molecular flexibility index (Phi) is 1.83. The first-order chi connectivity index (χ1) is 6.22. The Morgan fingerprint density at radius 3 is 2.77 bits per heavy atom. The van der Waals surface area contributed by atoms with Gasteiger partial charge in [-0.3, -0.25) is 4.68 Å². The molecule has 2 rings (SSSR count). The number of aromatic nitrogens is 2. The Hall–Kier alpha value is -1.31. The molecule has 2 heteroatoms. The third-order valence-corrected chi connectivity index (χ3v) is 2.60. The summed E-state index contributed by atoms with van der Waals surface area (Å²) in [5.41, 5.74) is 3.78. The van der Waals surface area contributed by atoms with E-state index in [1.54, 1.807) is 0 Å². The molecule has 0 N–H and O–H groups in total. The number of benzene rings is 1. The van der Waals surface area contributed by atoms with Gasteiger partial charge in [0.1, 0.15) is 0 Å². The van der Waals surface area contributed by atoms with Gasteiger partial charge in [0.15, 0.2) is 0 Å².